The molecule has 1 rings (SSSR count). The SMILES string of the molecule is CC(C)[C@H]1CCC(C)(C)[C@H]1C. The second-order valence-corrected chi connectivity index (χ2v) is 5.22. The average molecular weight is 154 g/mol. The zero-order valence-corrected chi connectivity index (χ0v) is 8.65. The monoisotopic (exact) mass is 154 g/mol. The van der Waals surface area contributed by atoms with Gasteiger partial charge < -0.3 is 0 Å². The minimum absolute atomic E-state index is 0.606. The van der Waals surface area contributed by atoms with Crippen LogP contribution >= 0.6 is 0 Å². The van der Waals surface area contributed by atoms with Gasteiger partial charge in [-0.1, -0.05) is 34.6 Å². The highest BCUT2D eigenvalue weighted by Crippen LogP contribution is 2.48. The topological polar surface area (TPSA) is 0 Å². The molecule has 1 saturated carbocycles. The molecule has 0 unspecified atom stereocenters. The van der Waals surface area contributed by atoms with Gasteiger partial charge in [0.15, 0.2) is 0 Å². The highest BCUT2D eigenvalue weighted by molar-refractivity contribution is 4.89. The lowest BCUT2D eigenvalue weighted by atomic mass is 9.77. The summed E-state index contributed by atoms with van der Waals surface area (Å²) in [6, 6.07) is 0. The summed E-state index contributed by atoms with van der Waals surface area (Å²) in [4.78, 5) is 0. The summed E-state index contributed by atoms with van der Waals surface area (Å²) in [5.74, 6) is 2.78. The highest BCUT2D eigenvalue weighted by atomic mass is 14.4. The summed E-state index contributed by atoms with van der Waals surface area (Å²) in [6.45, 7) is 12.0. The van der Waals surface area contributed by atoms with Gasteiger partial charge in [0.05, 0.1) is 0 Å². The van der Waals surface area contributed by atoms with E-state index in [2.05, 4.69) is 34.6 Å². The molecule has 1 aliphatic rings. The smallest absolute Gasteiger partial charge is 0.0326 e. The lowest BCUT2D eigenvalue weighted by Crippen LogP contribution is -2.21. The van der Waals surface area contributed by atoms with Crippen LogP contribution in [0.25, 0.3) is 0 Å². The fourth-order valence-electron chi connectivity index (χ4n) is 2.51. The third-order valence-electron chi connectivity index (χ3n) is 3.85. The summed E-state index contributed by atoms with van der Waals surface area (Å²) in [5, 5.41) is 0. The molecular formula is C11H22. The van der Waals surface area contributed by atoms with E-state index in [0.717, 1.165) is 17.8 Å². The first-order valence-electron chi connectivity index (χ1n) is 4.95. The Hall–Kier alpha value is 0. The summed E-state index contributed by atoms with van der Waals surface area (Å²) < 4.78 is 0. The van der Waals surface area contributed by atoms with Gasteiger partial charge in [0.25, 0.3) is 0 Å². The van der Waals surface area contributed by atoms with Gasteiger partial charge in [0.2, 0.25) is 0 Å². The van der Waals surface area contributed by atoms with Crippen LogP contribution in [0.15, 0.2) is 0 Å². The van der Waals surface area contributed by atoms with Crippen LogP contribution in [0.1, 0.15) is 47.5 Å². The van der Waals surface area contributed by atoms with Gasteiger partial charge >= 0.3 is 0 Å². The molecule has 0 radical (unpaired) electrons. The predicted molar refractivity (Wildman–Crippen MR) is 50.5 cm³/mol. The minimum Gasteiger partial charge on any atom is -0.0625 e. The molecule has 1 fully saturated rings. The van der Waals surface area contributed by atoms with Crippen LogP contribution in [0.4, 0.5) is 0 Å². The van der Waals surface area contributed by atoms with Crippen molar-refractivity contribution in [3.05, 3.63) is 0 Å². The van der Waals surface area contributed by atoms with E-state index in [0.29, 0.717) is 5.41 Å². The zero-order chi connectivity index (χ0) is 8.65. The number of hydrogen-bond acceptors (Lipinski definition) is 0. The molecule has 66 valence electrons. The molecule has 2 atom stereocenters. The van der Waals surface area contributed by atoms with E-state index in [4.69, 9.17) is 0 Å². The molecule has 0 saturated heterocycles. The second-order valence-electron chi connectivity index (χ2n) is 5.22. The van der Waals surface area contributed by atoms with E-state index in [-0.39, 0.29) is 0 Å². The average Bonchev–Trinajstić information content (AvgIpc) is 2.09. The Bertz CT molecular complexity index is 133. The fraction of sp³-hybridized carbons (Fsp3) is 1.00. The van der Waals surface area contributed by atoms with Gasteiger partial charge in [0, 0.05) is 0 Å². The van der Waals surface area contributed by atoms with E-state index >= 15 is 0 Å². The van der Waals surface area contributed by atoms with Crippen LogP contribution in [-0.2, 0) is 0 Å². The lowest BCUT2D eigenvalue weighted by Gasteiger charge is -2.28. The van der Waals surface area contributed by atoms with Gasteiger partial charge in [0.1, 0.15) is 0 Å². The Kier molecular flexibility index (Phi) is 2.32. The first-order chi connectivity index (χ1) is 4.95. The molecular weight excluding hydrogens is 132 g/mol. The van der Waals surface area contributed by atoms with Crippen molar-refractivity contribution in [1.29, 1.82) is 0 Å². The summed E-state index contributed by atoms with van der Waals surface area (Å²) in [7, 11) is 0. The van der Waals surface area contributed by atoms with Crippen molar-refractivity contribution in [3.8, 4) is 0 Å². The van der Waals surface area contributed by atoms with Crippen molar-refractivity contribution in [3.63, 3.8) is 0 Å². The van der Waals surface area contributed by atoms with Crippen molar-refractivity contribution in [2.24, 2.45) is 23.2 Å². The summed E-state index contributed by atoms with van der Waals surface area (Å²) in [6.07, 6.45) is 2.88. The van der Waals surface area contributed by atoms with E-state index in [9.17, 15) is 0 Å². The first kappa shape index (κ1) is 9.09. The van der Waals surface area contributed by atoms with Gasteiger partial charge in [-0.3, -0.25) is 0 Å². The molecule has 0 aromatic heterocycles. The molecule has 0 bridgehead atoms. The van der Waals surface area contributed by atoms with Crippen molar-refractivity contribution >= 4 is 0 Å². The molecule has 0 nitrogen and oxygen atoms in total. The van der Waals surface area contributed by atoms with E-state index in [1.807, 2.05) is 0 Å². The number of hydrogen-bond donors (Lipinski definition) is 0. The van der Waals surface area contributed by atoms with Crippen LogP contribution in [0.3, 0.4) is 0 Å². The molecule has 0 heteroatoms. The maximum atomic E-state index is 2.43. The quantitative estimate of drug-likeness (QED) is 0.540. The maximum absolute atomic E-state index is 2.43. The van der Waals surface area contributed by atoms with Gasteiger partial charge in [-0.2, -0.15) is 0 Å². The Labute approximate surface area is 71.4 Å². The third-order valence-corrected chi connectivity index (χ3v) is 3.85. The molecule has 0 N–H and O–H groups in total. The maximum Gasteiger partial charge on any atom is -0.0326 e. The molecule has 0 aromatic rings. The van der Waals surface area contributed by atoms with Gasteiger partial charge in [-0.05, 0) is 36.0 Å². The van der Waals surface area contributed by atoms with E-state index in [1.165, 1.54) is 12.8 Å². The van der Waals surface area contributed by atoms with E-state index in [1.54, 1.807) is 0 Å². The van der Waals surface area contributed by atoms with Gasteiger partial charge in [-0.25, -0.2) is 0 Å². The number of rotatable bonds is 1. The third kappa shape index (κ3) is 1.60. The highest BCUT2D eigenvalue weighted by Gasteiger charge is 2.39. The standard InChI is InChI=1S/C11H22/c1-8(2)10-6-7-11(4,5)9(10)3/h8-10H,6-7H2,1-5H3/t9-,10+/m0/s1. The van der Waals surface area contributed by atoms with Crippen LogP contribution < -0.4 is 0 Å². The Balaban J connectivity index is 2.63. The van der Waals surface area contributed by atoms with Crippen molar-refractivity contribution in [1.82, 2.24) is 0 Å². The second kappa shape index (κ2) is 2.80. The summed E-state index contributed by atoms with van der Waals surface area (Å²) >= 11 is 0. The van der Waals surface area contributed by atoms with Crippen LogP contribution in [0, 0.1) is 23.2 Å². The molecule has 0 heterocycles. The Morgan fingerprint density at radius 2 is 1.82 bits per heavy atom. The van der Waals surface area contributed by atoms with Gasteiger partial charge in [-0.15, -0.1) is 0 Å². The van der Waals surface area contributed by atoms with Crippen molar-refractivity contribution in [2.45, 2.75) is 47.5 Å². The lowest BCUT2D eigenvalue weighted by molar-refractivity contribution is 0.206. The summed E-state index contributed by atoms with van der Waals surface area (Å²) in [5.41, 5.74) is 0.606. The molecule has 0 aliphatic heterocycles. The molecule has 1 aliphatic carbocycles. The van der Waals surface area contributed by atoms with Crippen LogP contribution in [-0.4, -0.2) is 0 Å². The zero-order valence-electron chi connectivity index (χ0n) is 8.65. The Morgan fingerprint density at radius 1 is 1.27 bits per heavy atom. The first-order valence-corrected chi connectivity index (χ1v) is 4.95. The molecule has 0 amide bonds. The molecule has 0 spiro atoms. The molecule has 11 heavy (non-hydrogen) atoms. The molecule has 0 aromatic carbocycles. The fourth-order valence-corrected chi connectivity index (χ4v) is 2.51. The van der Waals surface area contributed by atoms with Crippen LogP contribution in [0.5, 0.6) is 0 Å². The van der Waals surface area contributed by atoms with Crippen molar-refractivity contribution in [2.75, 3.05) is 0 Å². The Morgan fingerprint density at radius 3 is 2.00 bits per heavy atom. The largest absolute Gasteiger partial charge is 0.0625 e. The minimum atomic E-state index is 0.606. The van der Waals surface area contributed by atoms with E-state index < -0.39 is 0 Å². The van der Waals surface area contributed by atoms with Crippen LogP contribution in [0.2, 0.25) is 0 Å². The predicted octanol–water partition coefficient (Wildman–Crippen LogP) is 3.71. The normalized spacial score (nSPS) is 36.5. The van der Waals surface area contributed by atoms with Crippen molar-refractivity contribution < 1.29 is 0 Å².